The van der Waals surface area contributed by atoms with E-state index in [1.807, 2.05) is 24.3 Å². The molecule has 2 aromatic carbocycles. The molecule has 1 aliphatic carbocycles. The largest absolute Gasteiger partial charge is 0.469 e. The van der Waals surface area contributed by atoms with E-state index in [0.29, 0.717) is 172 Å². The van der Waals surface area contributed by atoms with E-state index in [-0.39, 0.29) is 24.4 Å². The highest BCUT2D eigenvalue weighted by Crippen LogP contribution is 2.44. The number of esters is 1. The number of ether oxygens (including phenoxy) is 14. The molecule has 61 heavy (non-hydrogen) atoms. The molecule has 0 aromatic heterocycles. The van der Waals surface area contributed by atoms with Gasteiger partial charge in [-0.05, 0) is 22.3 Å². The van der Waals surface area contributed by atoms with Gasteiger partial charge in [0.2, 0.25) is 0 Å². The van der Waals surface area contributed by atoms with Crippen molar-refractivity contribution < 1.29 is 75.9 Å². The Morgan fingerprint density at radius 2 is 0.738 bits per heavy atom. The number of fused-ring (bicyclic) bond motifs is 3. The van der Waals surface area contributed by atoms with E-state index in [0.717, 1.165) is 0 Å². The van der Waals surface area contributed by atoms with Crippen molar-refractivity contribution in [2.75, 3.05) is 186 Å². The fourth-order valence-corrected chi connectivity index (χ4v) is 5.78. The number of amides is 1. The van der Waals surface area contributed by atoms with Crippen LogP contribution in [0.5, 0.6) is 0 Å². The molecular weight excluding hydrogens is 798 g/mol. The number of carbonyl (C=O) groups excluding carboxylic acids is 2. The van der Waals surface area contributed by atoms with E-state index in [4.69, 9.17) is 61.6 Å². The molecule has 0 radical (unpaired) electrons. The lowest BCUT2D eigenvalue weighted by molar-refractivity contribution is -0.141. The number of nitrogens with zero attached hydrogens (tertiary/aromatic N) is 1. The Morgan fingerprint density at radius 1 is 0.443 bits per heavy atom. The van der Waals surface area contributed by atoms with Crippen molar-refractivity contribution in [3.05, 3.63) is 59.7 Å². The highest BCUT2D eigenvalue weighted by atomic mass is 16.6. The van der Waals surface area contributed by atoms with Gasteiger partial charge in [0.15, 0.2) is 0 Å². The van der Waals surface area contributed by atoms with Crippen LogP contribution in [0, 0.1) is 0 Å². The van der Waals surface area contributed by atoms with E-state index in [2.05, 4.69) is 29.0 Å². The van der Waals surface area contributed by atoms with Crippen molar-refractivity contribution >= 4 is 12.1 Å². The molecule has 346 valence electrons. The van der Waals surface area contributed by atoms with E-state index in [9.17, 15) is 9.59 Å². The van der Waals surface area contributed by atoms with Gasteiger partial charge in [0.25, 0.3) is 0 Å². The van der Waals surface area contributed by atoms with Crippen molar-refractivity contribution in [2.24, 2.45) is 0 Å². The minimum atomic E-state index is -0.369. The third-order valence-corrected chi connectivity index (χ3v) is 8.99. The average molecular weight is 868 g/mol. The van der Waals surface area contributed by atoms with Gasteiger partial charge in [-0.15, -0.1) is 0 Å². The monoisotopic (exact) mass is 867 g/mol. The molecule has 3 rings (SSSR count). The van der Waals surface area contributed by atoms with Crippen molar-refractivity contribution in [1.29, 1.82) is 0 Å². The quantitative estimate of drug-likeness (QED) is 0.0702. The van der Waals surface area contributed by atoms with Crippen molar-refractivity contribution in [2.45, 2.75) is 12.3 Å². The Balaban J connectivity index is 0.938. The van der Waals surface area contributed by atoms with Gasteiger partial charge in [0.1, 0.15) is 6.61 Å². The standard InChI is InChI=1S/C44H69NO16/c1-45(44(47)61-37-42-40-9-5-3-7-38(40)39-8-4-6-10-41(39)42)12-14-50-16-18-52-20-22-54-24-26-56-28-30-58-32-34-60-36-35-59-33-31-57-29-27-55-25-23-53-21-19-51-17-15-49-13-11-43(46)48-2/h3-10,42H,11-37H2,1-2H3. The van der Waals surface area contributed by atoms with Crippen LogP contribution in [0.1, 0.15) is 23.5 Å². The predicted molar refractivity (Wildman–Crippen MR) is 224 cm³/mol. The lowest BCUT2D eigenvalue weighted by Crippen LogP contribution is -2.32. The molecule has 0 heterocycles. The first-order valence-electron chi connectivity index (χ1n) is 21.2. The minimum Gasteiger partial charge on any atom is -0.469 e. The molecule has 1 amide bonds. The summed E-state index contributed by atoms with van der Waals surface area (Å²) < 4.78 is 76.0. The molecule has 2 aromatic rings. The zero-order chi connectivity index (χ0) is 43.3. The average Bonchev–Trinajstić information content (AvgIpc) is 3.60. The molecular formula is C44H69NO16. The lowest BCUT2D eigenvalue weighted by Gasteiger charge is -2.19. The normalized spacial score (nSPS) is 12.1. The van der Waals surface area contributed by atoms with E-state index in [1.54, 1.807) is 7.05 Å². The molecule has 0 aliphatic heterocycles. The molecule has 17 heteroatoms. The summed E-state index contributed by atoms with van der Waals surface area (Å²) in [6.07, 6.45) is -0.130. The Kier molecular flexibility index (Phi) is 30.9. The molecule has 1 aliphatic rings. The number of hydrogen-bond acceptors (Lipinski definition) is 16. The van der Waals surface area contributed by atoms with Crippen molar-refractivity contribution in [1.82, 2.24) is 4.90 Å². The van der Waals surface area contributed by atoms with Gasteiger partial charge in [0, 0.05) is 19.5 Å². The van der Waals surface area contributed by atoms with Crippen LogP contribution in [0.3, 0.4) is 0 Å². The van der Waals surface area contributed by atoms with Crippen LogP contribution in [0.2, 0.25) is 0 Å². The van der Waals surface area contributed by atoms with Gasteiger partial charge >= 0.3 is 12.1 Å². The maximum absolute atomic E-state index is 12.6. The number of likely N-dealkylation sites (N-methyl/N-ethyl adjacent to an activating group) is 1. The Bertz CT molecular complexity index is 1340. The molecule has 0 saturated heterocycles. The third-order valence-electron chi connectivity index (χ3n) is 8.99. The highest BCUT2D eigenvalue weighted by molar-refractivity contribution is 5.79. The summed E-state index contributed by atoms with van der Waals surface area (Å²) in [4.78, 5) is 25.1. The number of hydrogen-bond donors (Lipinski definition) is 0. The maximum atomic E-state index is 12.6. The fourth-order valence-electron chi connectivity index (χ4n) is 5.78. The highest BCUT2D eigenvalue weighted by Gasteiger charge is 2.29. The van der Waals surface area contributed by atoms with E-state index >= 15 is 0 Å². The second-order valence-corrected chi connectivity index (χ2v) is 13.4. The van der Waals surface area contributed by atoms with Crippen molar-refractivity contribution in [3.63, 3.8) is 0 Å². The minimum absolute atomic E-state index is 0.0334. The van der Waals surface area contributed by atoms with Crippen LogP contribution in [-0.2, 0) is 71.1 Å². The molecule has 17 nitrogen and oxygen atoms in total. The summed E-state index contributed by atoms with van der Waals surface area (Å²) in [6.45, 7) is 11.7. The molecule has 0 fully saturated rings. The van der Waals surface area contributed by atoms with Gasteiger partial charge < -0.3 is 71.2 Å². The summed E-state index contributed by atoms with van der Waals surface area (Å²) in [5.41, 5.74) is 4.78. The molecule has 0 atom stereocenters. The van der Waals surface area contributed by atoms with Crippen LogP contribution in [0.25, 0.3) is 11.1 Å². The van der Waals surface area contributed by atoms with Crippen molar-refractivity contribution in [3.8, 4) is 11.1 Å². The zero-order valence-electron chi connectivity index (χ0n) is 36.3. The molecule has 0 N–H and O–H groups in total. The third kappa shape index (κ3) is 24.8. The zero-order valence-corrected chi connectivity index (χ0v) is 36.3. The maximum Gasteiger partial charge on any atom is 0.409 e. The van der Waals surface area contributed by atoms with Gasteiger partial charge in [-0.3, -0.25) is 4.79 Å². The summed E-state index contributed by atoms with van der Waals surface area (Å²) in [7, 11) is 3.06. The molecule has 0 saturated carbocycles. The van der Waals surface area contributed by atoms with Gasteiger partial charge in [-0.1, -0.05) is 48.5 Å². The van der Waals surface area contributed by atoms with Crippen LogP contribution < -0.4 is 0 Å². The van der Waals surface area contributed by atoms with Crippen LogP contribution in [0.4, 0.5) is 4.79 Å². The number of benzene rings is 2. The second-order valence-electron chi connectivity index (χ2n) is 13.4. The van der Waals surface area contributed by atoms with Gasteiger partial charge in [-0.2, -0.15) is 0 Å². The number of carbonyl (C=O) groups is 2. The molecule has 0 unspecified atom stereocenters. The fraction of sp³-hybridized carbons (Fsp3) is 0.682. The SMILES string of the molecule is COC(=O)CCOCCOCCOCCOCCOCCOCCOCCOCCOCCOCCOCCOCCN(C)C(=O)OCC1c2ccccc2-c2ccccc21. The topological polar surface area (TPSA) is 167 Å². The van der Waals surface area contributed by atoms with Gasteiger partial charge in [-0.25, -0.2) is 4.79 Å². The molecule has 0 spiro atoms. The first-order chi connectivity index (χ1) is 30.1. The van der Waals surface area contributed by atoms with Crippen LogP contribution in [0.15, 0.2) is 48.5 Å². The summed E-state index contributed by atoms with van der Waals surface area (Å²) >= 11 is 0. The smallest absolute Gasteiger partial charge is 0.409 e. The summed E-state index contributed by atoms with van der Waals surface area (Å²) in [5, 5.41) is 0. The predicted octanol–water partition coefficient (Wildman–Crippen LogP) is 3.63. The Labute approximate surface area is 361 Å². The summed E-state index contributed by atoms with van der Waals surface area (Å²) in [5.74, 6) is -0.257. The first-order valence-corrected chi connectivity index (χ1v) is 21.2. The number of methoxy groups -OCH3 is 1. The van der Waals surface area contributed by atoms with Crippen LogP contribution >= 0.6 is 0 Å². The Hall–Kier alpha value is -3.30. The van der Waals surface area contributed by atoms with Gasteiger partial charge in [0.05, 0.1) is 172 Å². The lowest BCUT2D eigenvalue weighted by atomic mass is 9.98. The number of rotatable bonds is 41. The van der Waals surface area contributed by atoms with E-state index in [1.165, 1.54) is 34.3 Å². The second kappa shape index (κ2) is 36.2. The first kappa shape index (κ1) is 52.0. The van der Waals surface area contributed by atoms with Crippen LogP contribution in [-0.4, -0.2) is 203 Å². The molecule has 0 bridgehead atoms. The Morgan fingerprint density at radius 3 is 1.07 bits per heavy atom. The van der Waals surface area contributed by atoms with E-state index < -0.39 is 0 Å². The summed E-state index contributed by atoms with van der Waals surface area (Å²) in [6, 6.07) is 16.6.